The van der Waals surface area contributed by atoms with Gasteiger partial charge in [0.25, 0.3) is 0 Å². The molecule has 0 aliphatic heterocycles. The van der Waals surface area contributed by atoms with E-state index < -0.39 is 0 Å². The zero-order chi connectivity index (χ0) is 12.8. The van der Waals surface area contributed by atoms with Crippen molar-refractivity contribution < 1.29 is 18.4 Å². The lowest BCUT2D eigenvalue weighted by atomic mass is 10.3. The summed E-state index contributed by atoms with van der Waals surface area (Å²) >= 11 is 0. The number of hydrogen-bond donors (Lipinski definition) is 0. The van der Waals surface area contributed by atoms with Gasteiger partial charge in [-0.15, -0.1) is 0 Å². The van der Waals surface area contributed by atoms with E-state index >= 15 is 0 Å². The molecule has 90 valence electrons. The van der Waals surface area contributed by atoms with Gasteiger partial charge in [0.2, 0.25) is 0 Å². The van der Waals surface area contributed by atoms with Gasteiger partial charge < -0.3 is 8.83 Å². The molecule has 0 unspecified atom stereocenters. The van der Waals surface area contributed by atoms with Crippen LogP contribution in [0.1, 0.15) is 32.6 Å². The Morgan fingerprint density at radius 2 is 1.06 bits per heavy atom. The zero-order valence-corrected chi connectivity index (χ0v) is 9.41. The summed E-state index contributed by atoms with van der Waals surface area (Å²) < 4.78 is 10.3. The van der Waals surface area contributed by atoms with Gasteiger partial charge >= 0.3 is 0 Å². The predicted octanol–water partition coefficient (Wildman–Crippen LogP) is 3.22. The minimum absolute atomic E-state index is 0.292. The Bertz CT molecular complexity index is 545. The van der Waals surface area contributed by atoms with Gasteiger partial charge in [-0.3, -0.25) is 9.59 Å². The summed E-state index contributed by atoms with van der Waals surface area (Å²) in [5.74, 6) is 1.77. The molecule has 0 fully saturated rings. The molecule has 2 aromatic rings. The molecule has 0 aromatic carbocycles. The molecule has 0 bridgehead atoms. The van der Waals surface area contributed by atoms with E-state index in [4.69, 9.17) is 8.83 Å². The second-order valence-electron chi connectivity index (χ2n) is 3.43. The van der Waals surface area contributed by atoms with Crippen LogP contribution >= 0.6 is 0 Å². The maximum atomic E-state index is 10.4. The molecule has 0 saturated heterocycles. The van der Waals surface area contributed by atoms with E-state index in [1.807, 2.05) is 0 Å². The van der Waals surface area contributed by atoms with Crippen LogP contribution in [-0.4, -0.2) is 12.6 Å². The Hall–Kier alpha value is -2.62. The van der Waals surface area contributed by atoms with E-state index in [0.717, 1.165) is 0 Å². The number of carbonyl (C=O) groups excluding carboxylic acids is 2. The van der Waals surface area contributed by atoms with E-state index in [9.17, 15) is 9.59 Å². The third-order valence-corrected chi connectivity index (χ3v) is 2.16. The maximum Gasteiger partial charge on any atom is 0.185 e. The van der Waals surface area contributed by atoms with Crippen LogP contribution in [0.2, 0.25) is 0 Å². The van der Waals surface area contributed by atoms with Crippen LogP contribution < -0.4 is 0 Å². The van der Waals surface area contributed by atoms with Crippen LogP contribution in [0.25, 0.3) is 12.2 Å². The van der Waals surface area contributed by atoms with Crippen molar-refractivity contribution in [3.05, 3.63) is 59.5 Å². The van der Waals surface area contributed by atoms with Gasteiger partial charge in [0.15, 0.2) is 24.1 Å². The summed E-state index contributed by atoms with van der Waals surface area (Å²) in [6.45, 7) is 0. The highest BCUT2D eigenvalue weighted by atomic mass is 16.3. The van der Waals surface area contributed by atoms with Crippen LogP contribution in [-0.2, 0) is 0 Å². The van der Waals surface area contributed by atoms with Gasteiger partial charge in [0.1, 0.15) is 11.5 Å². The lowest BCUT2D eigenvalue weighted by Crippen LogP contribution is -1.68. The number of aldehydes is 2. The molecule has 4 heteroatoms. The second kappa shape index (κ2) is 5.63. The molecule has 0 atom stereocenters. The minimum atomic E-state index is 0.292. The summed E-state index contributed by atoms with van der Waals surface area (Å²) in [5, 5.41) is 0. The highest BCUT2D eigenvalue weighted by molar-refractivity contribution is 5.72. The molecule has 0 spiro atoms. The molecule has 0 saturated carbocycles. The van der Waals surface area contributed by atoms with Crippen molar-refractivity contribution in [2.45, 2.75) is 0 Å². The molecular formula is C14H10O4. The monoisotopic (exact) mass is 242 g/mol. The predicted molar refractivity (Wildman–Crippen MR) is 66.3 cm³/mol. The van der Waals surface area contributed by atoms with Crippen LogP contribution in [0.4, 0.5) is 0 Å². The van der Waals surface area contributed by atoms with Crippen molar-refractivity contribution in [1.82, 2.24) is 0 Å². The smallest absolute Gasteiger partial charge is 0.185 e. The number of hydrogen-bond acceptors (Lipinski definition) is 4. The first-order chi connectivity index (χ1) is 8.81. The first kappa shape index (κ1) is 11.9. The fraction of sp³-hybridized carbons (Fsp3) is 0. The Balaban J connectivity index is 1.97. The Morgan fingerprint density at radius 3 is 1.39 bits per heavy atom. The summed E-state index contributed by atoms with van der Waals surface area (Å²) in [6.07, 6.45) is 8.22. The highest BCUT2D eigenvalue weighted by Crippen LogP contribution is 2.09. The van der Waals surface area contributed by atoms with Gasteiger partial charge in [-0.25, -0.2) is 0 Å². The van der Waals surface area contributed by atoms with Gasteiger partial charge in [0, 0.05) is 0 Å². The van der Waals surface area contributed by atoms with Crippen molar-refractivity contribution in [3.63, 3.8) is 0 Å². The number of rotatable bonds is 5. The zero-order valence-electron chi connectivity index (χ0n) is 9.41. The molecule has 0 aliphatic rings. The lowest BCUT2D eigenvalue weighted by Gasteiger charge is -1.83. The van der Waals surface area contributed by atoms with Crippen molar-refractivity contribution in [2.24, 2.45) is 0 Å². The molecule has 18 heavy (non-hydrogen) atoms. The van der Waals surface area contributed by atoms with Crippen LogP contribution in [0.15, 0.2) is 45.3 Å². The van der Waals surface area contributed by atoms with Crippen molar-refractivity contribution in [2.75, 3.05) is 0 Å². The molecule has 2 heterocycles. The molecular weight excluding hydrogens is 232 g/mol. The van der Waals surface area contributed by atoms with Crippen molar-refractivity contribution >= 4 is 24.7 Å². The summed E-state index contributed by atoms with van der Waals surface area (Å²) in [5.41, 5.74) is 0. The summed E-state index contributed by atoms with van der Waals surface area (Å²) in [7, 11) is 0. The average Bonchev–Trinajstić information content (AvgIpc) is 3.03. The quantitative estimate of drug-likeness (QED) is 0.596. The van der Waals surface area contributed by atoms with E-state index in [2.05, 4.69) is 0 Å². The molecule has 2 aromatic heterocycles. The minimum Gasteiger partial charge on any atom is -0.454 e. The number of furan rings is 2. The maximum absolute atomic E-state index is 10.4. The SMILES string of the molecule is O=Cc1ccc(/C=C/C=C/c2ccc(C=O)o2)o1. The summed E-state index contributed by atoms with van der Waals surface area (Å²) in [4.78, 5) is 20.8. The third-order valence-electron chi connectivity index (χ3n) is 2.16. The Kier molecular flexibility index (Phi) is 3.71. The lowest BCUT2D eigenvalue weighted by molar-refractivity contribution is 0.109. The van der Waals surface area contributed by atoms with E-state index in [0.29, 0.717) is 35.6 Å². The van der Waals surface area contributed by atoms with E-state index in [1.165, 1.54) is 0 Å². The highest BCUT2D eigenvalue weighted by Gasteiger charge is 1.96. The topological polar surface area (TPSA) is 60.4 Å². The summed E-state index contributed by atoms with van der Waals surface area (Å²) in [6, 6.07) is 6.59. The first-order valence-electron chi connectivity index (χ1n) is 5.26. The normalized spacial score (nSPS) is 11.3. The fourth-order valence-corrected chi connectivity index (χ4v) is 1.34. The number of allylic oxidation sites excluding steroid dienone is 2. The molecule has 4 nitrogen and oxygen atoms in total. The van der Waals surface area contributed by atoms with E-state index in [1.54, 1.807) is 48.6 Å². The van der Waals surface area contributed by atoms with Gasteiger partial charge in [-0.1, -0.05) is 12.2 Å². The third kappa shape index (κ3) is 2.95. The Morgan fingerprint density at radius 1 is 0.667 bits per heavy atom. The van der Waals surface area contributed by atoms with Gasteiger partial charge in [-0.05, 0) is 36.4 Å². The van der Waals surface area contributed by atoms with Gasteiger partial charge in [0.05, 0.1) is 0 Å². The standard InChI is InChI=1S/C14H10O4/c15-9-13-7-5-11(17-13)3-1-2-4-12-6-8-14(10-16)18-12/h1-10H/b3-1+,4-2+. The fourth-order valence-electron chi connectivity index (χ4n) is 1.34. The van der Waals surface area contributed by atoms with Crippen LogP contribution in [0, 0.1) is 0 Å². The van der Waals surface area contributed by atoms with Crippen molar-refractivity contribution in [3.8, 4) is 0 Å². The van der Waals surface area contributed by atoms with Crippen LogP contribution in [0.3, 0.4) is 0 Å². The molecule has 0 radical (unpaired) electrons. The number of carbonyl (C=O) groups is 2. The van der Waals surface area contributed by atoms with Gasteiger partial charge in [-0.2, -0.15) is 0 Å². The molecule has 2 rings (SSSR count). The second-order valence-corrected chi connectivity index (χ2v) is 3.43. The van der Waals surface area contributed by atoms with E-state index in [-0.39, 0.29) is 0 Å². The Labute approximate surface area is 103 Å². The molecule has 0 aliphatic carbocycles. The first-order valence-corrected chi connectivity index (χ1v) is 5.26. The molecule has 0 N–H and O–H groups in total. The largest absolute Gasteiger partial charge is 0.454 e. The van der Waals surface area contributed by atoms with Crippen LogP contribution in [0.5, 0.6) is 0 Å². The van der Waals surface area contributed by atoms with Crippen molar-refractivity contribution in [1.29, 1.82) is 0 Å². The average molecular weight is 242 g/mol. The molecule has 0 amide bonds.